The molecule has 190 valence electrons. The first kappa shape index (κ1) is 25.5. The minimum Gasteiger partial charge on any atom is -0.493 e. The van der Waals surface area contributed by atoms with Gasteiger partial charge in [-0.1, -0.05) is 24.3 Å². The molecule has 0 spiro atoms. The Kier molecular flexibility index (Phi) is 8.47. The van der Waals surface area contributed by atoms with E-state index >= 15 is 0 Å². The average molecular weight is 490 g/mol. The minimum absolute atomic E-state index is 0.00991. The van der Waals surface area contributed by atoms with Gasteiger partial charge in [-0.05, 0) is 87.8 Å². The second-order valence-corrected chi connectivity index (χ2v) is 9.78. The highest BCUT2D eigenvalue weighted by molar-refractivity contribution is 5.94. The van der Waals surface area contributed by atoms with Gasteiger partial charge in [-0.15, -0.1) is 0 Å². The molecule has 1 aliphatic carbocycles. The second kappa shape index (κ2) is 11.9. The van der Waals surface area contributed by atoms with E-state index in [2.05, 4.69) is 12.1 Å². The van der Waals surface area contributed by atoms with Crippen molar-refractivity contribution in [2.24, 2.45) is 0 Å². The Morgan fingerprint density at radius 3 is 2.47 bits per heavy atom. The molecule has 1 saturated carbocycles. The van der Waals surface area contributed by atoms with Crippen molar-refractivity contribution in [2.75, 3.05) is 6.61 Å². The lowest BCUT2D eigenvalue weighted by molar-refractivity contribution is -0.137. The molecule has 2 aromatic carbocycles. The monoisotopic (exact) mass is 489 g/mol. The van der Waals surface area contributed by atoms with Gasteiger partial charge in [0.05, 0.1) is 12.9 Å². The molecule has 0 unspecified atom stereocenters. The van der Waals surface area contributed by atoms with Gasteiger partial charge in [0.25, 0.3) is 5.91 Å². The molecular formula is C30H35NO5. The van der Waals surface area contributed by atoms with Crippen molar-refractivity contribution in [3.63, 3.8) is 0 Å². The SMILES string of the molecule is CC(C)N(Cc1cc(C2CC2)ccc1OCCCCCC(=O)O)C(=O)c1ccc(-c2ccco2)cc1. The molecule has 1 aromatic heterocycles. The van der Waals surface area contributed by atoms with Gasteiger partial charge in [-0.2, -0.15) is 0 Å². The fraction of sp³-hybridized carbons (Fsp3) is 0.400. The predicted molar refractivity (Wildman–Crippen MR) is 139 cm³/mol. The number of aliphatic carboxylic acids is 1. The van der Waals surface area contributed by atoms with Gasteiger partial charge in [-0.3, -0.25) is 9.59 Å². The van der Waals surface area contributed by atoms with Gasteiger partial charge < -0.3 is 19.2 Å². The number of furan rings is 1. The van der Waals surface area contributed by atoms with Crippen LogP contribution in [0.1, 0.15) is 79.8 Å². The maximum Gasteiger partial charge on any atom is 0.303 e. The van der Waals surface area contributed by atoms with Crippen LogP contribution in [0.15, 0.2) is 65.3 Å². The molecule has 0 radical (unpaired) electrons. The van der Waals surface area contributed by atoms with Gasteiger partial charge in [0.2, 0.25) is 0 Å². The molecule has 36 heavy (non-hydrogen) atoms. The third-order valence-corrected chi connectivity index (χ3v) is 6.59. The summed E-state index contributed by atoms with van der Waals surface area (Å²) >= 11 is 0. The van der Waals surface area contributed by atoms with E-state index < -0.39 is 5.97 Å². The lowest BCUT2D eigenvalue weighted by atomic mass is 10.0. The lowest BCUT2D eigenvalue weighted by Crippen LogP contribution is -2.36. The highest BCUT2D eigenvalue weighted by Crippen LogP contribution is 2.41. The summed E-state index contributed by atoms with van der Waals surface area (Å²) in [6, 6.07) is 17.6. The summed E-state index contributed by atoms with van der Waals surface area (Å²) in [4.78, 5) is 26.1. The molecule has 0 atom stereocenters. The number of ether oxygens (including phenoxy) is 1. The first-order valence-electron chi connectivity index (χ1n) is 12.8. The summed E-state index contributed by atoms with van der Waals surface area (Å²) < 4.78 is 11.6. The van der Waals surface area contributed by atoms with Gasteiger partial charge in [0, 0.05) is 35.7 Å². The Balaban J connectivity index is 1.47. The summed E-state index contributed by atoms with van der Waals surface area (Å²) in [6.45, 7) is 5.05. The fourth-order valence-electron chi connectivity index (χ4n) is 4.33. The van der Waals surface area contributed by atoms with Crippen molar-refractivity contribution in [3.05, 3.63) is 77.6 Å². The number of carboxylic acid groups (broad SMARTS) is 1. The number of unbranched alkanes of at least 4 members (excludes halogenated alkanes) is 2. The van der Waals surface area contributed by atoms with Crippen LogP contribution < -0.4 is 4.74 Å². The number of carboxylic acids is 1. The van der Waals surface area contributed by atoms with E-state index in [1.807, 2.05) is 61.2 Å². The smallest absolute Gasteiger partial charge is 0.303 e. The number of nitrogens with zero attached hydrogens (tertiary/aromatic N) is 1. The highest BCUT2D eigenvalue weighted by atomic mass is 16.5. The van der Waals surface area contributed by atoms with Crippen molar-refractivity contribution < 1.29 is 23.8 Å². The van der Waals surface area contributed by atoms with Gasteiger partial charge >= 0.3 is 5.97 Å². The Labute approximate surface area is 212 Å². The number of carbonyl (C=O) groups is 2. The molecule has 1 N–H and O–H groups in total. The van der Waals surface area contributed by atoms with Crippen molar-refractivity contribution in [1.29, 1.82) is 0 Å². The van der Waals surface area contributed by atoms with E-state index in [1.165, 1.54) is 18.4 Å². The molecule has 1 aliphatic rings. The van der Waals surface area contributed by atoms with Gasteiger partial charge in [0.15, 0.2) is 0 Å². The van der Waals surface area contributed by atoms with Gasteiger partial charge in [0.1, 0.15) is 11.5 Å². The topological polar surface area (TPSA) is 80.0 Å². The molecule has 0 aliphatic heterocycles. The number of amides is 1. The largest absolute Gasteiger partial charge is 0.493 e. The third-order valence-electron chi connectivity index (χ3n) is 6.59. The molecule has 0 saturated heterocycles. The number of carbonyl (C=O) groups excluding carboxylic acids is 1. The van der Waals surface area contributed by atoms with Crippen LogP contribution >= 0.6 is 0 Å². The van der Waals surface area contributed by atoms with Crippen LogP contribution in [0.5, 0.6) is 5.75 Å². The summed E-state index contributed by atoms with van der Waals surface area (Å²) in [5.74, 6) is 1.39. The quantitative estimate of drug-likeness (QED) is 0.264. The van der Waals surface area contributed by atoms with Crippen LogP contribution in [0.3, 0.4) is 0 Å². The first-order valence-corrected chi connectivity index (χ1v) is 12.8. The molecule has 6 nitrogen and oxygen atoms in total. The second-order valence-electron chi connectivity index (χ2n) is 9.78. The van der Waals surface area contributed by atoms with Crippen LogP contribution in [0.4, 0.5) is 0 Å². The molecule has 0 bridgehead atoms. The van der Waals surface area contributed by atoms with E-state index in [0.717, 1.165) is 35.5 Å². The summed E-state index contributed by atoms with van der Waals surface area (Å²) in [5.41, 5.74) is 3.89. The van der Waals surface area contributed by atoms with E-state index in [9.17, 15) is 9.59 Å². The first-order chi connectivity index (χ1) is 17.4. The Hall–Kier alpha value is -3.54. The van der Waals surface area contributed by atoms with Crippen molar-refractivity contribution >= 4 is 11.9 Å². The predicted octanol–water partition coefficient (Wildman–Crippen LogP) is 6.90. The molecule has 6 heteroatoms. The summed E-state index contributed by atoms with van der Waals surface area (Å²) in [6.07, 6.45) is 6.50. The standard InChI is InChI=1S/C30H35NO5/c1-21(2)31(30(34)24-13-11-23(12-14-24)27-7-6-18-36-27)20-26-19-25(22-9-10-22)15-16-28(26)35-17-5-3-4-8-29(32)33/h6-7,11-16,18-19,21-22H,3-5,8-10,17,20H2,1-2H3,(H,32,33). The maximum absolute atomic E-state index is 13.5. The van der Waals surface area contributed by atoms with Crippen LogP contribution in [0, 0.1) is 0 Å². The molecular weight excluding hydrogens is 454 g/mol. The van der Waals surface area contributed by atoms with Crippen molar-refractivity contribution in [2.45, 2.75) is 70.9 Å². The van der Waals surface area contributed by atoms with Crippen LogP contribution in [0.2, 0.25) is 0 Å². The Morgan fingerprint density at radius 2 is 1.83 bits per heavy atom. The summed E-state index contributed by atoms with van der Waals surface area (Å²) in [5, 5.41) is 8.81. The normalized spacial score (nSPS) is 13.1. The molecule has 1 heterocycles. The fourth-order valence-corrected chi connectivity index (χ4v) is 4.33. The number of benzene rings is 2. The van der Waals surface area contributed by atoms with Crippen molar-refractivity contribution in [3.8, 4) is 17.1 Å². The van der Waals surface area contributed by atoms with E-state index in [-0.39, 0.29) is 18.4 Å². The van der Waals surface area contributed by atoms with Crippen molar-refractivity contribution in [1.82, 2.24) is 4.90 Å². The molecule has 4 rings (SSSR count). The average Bonchev–Trinajstić information content (AvgIpc) is 3.58. The van der Waals surface area contributed by atoms with Gasteiger partial charge in [-0.25, -0.2) is 0 Å². The third kappa shape index (κ3) is 6.78. The molecule has 1 fully saturated rings. The maximum atomic E-state index is 13.5. The van der Waals surface area contributed by atoms with Crippen LogP contribution in [0.25, 0.3) is 11.3 Å². The lowest BCUT2D eigenvalue weighted by Gasteiger charge is -2.28. The number of rotatable bonds is 13. The zero-order valence-corrected chi connectivity index (χ0v) is 21.1. The minimum atomic E-state index is -0.761. The Morgan fingerprint density at radius 1 is 1.06 bits per heavy atom. The van der Waals surface area contributed by atoms with Crippen LogP contribution in [-0.4, -0.2) is 34.5 Å². The number of hydrogen-bond donors (Lipinski definition) is 1. The zero-order chi connectivity index (χ0) is 25.5. The highest BCUT2D eigenvalue weighted by Gasteiger charge is 2.26. The van der Waals surface area contributed by atoms with E-state index in [0.29, 0.717) is 31.1 Å². The molecule has 3 aromatic rings. The number of hydrogen-bond acceptors (Lipinski definition) is 4. The van der Waals surface area contributed by atoms with E-state index in [1.54, 1.807) is 6.26 Å². The molecule has 1 amide bonds. The zero-order valence-electron chi connectivity index (χ0n) is 21.1. The van der Waals surface area contributed by atoms with Crippen LogP contribution in [-0.2, 0) is 11.3 Å². The Bertz CT molecular complexity index is 1150. The van der Waals surface area contributed by atoms with E-state index in [4.69, 9.17) is 14.3 Å². The summed E-state index contributed by atoms with van der Waals surface area (Å²) in [7, 11) is 0.